The van der Waals surface area contributed by atoms with Gasteiger partial charge in [-0.1, -0.05) is 13.8 Å². The van der Waals surface area contributed by atoms with E-state index in [2.05, 4.69) is 19.2 Å². The second kappa shape index (κ2) is 6.14. The molecule has 2 atom stereocenters. The van der Waals surface area contributed by atoms with Crippen molar-refractivity contribution in [2.75, 3.05) is 39.6 Å². The smallest absolute Gasteiger partial charge is 0.104 e. The van der Waals surface area contributed by atoms with E-state index < -0.39 is 0 Å². The van der Waals surface area contributed by atoms with Crippen LogP contribution in [0.25, 0.3) is 0 Å². The Morgan fingerprint density at radius 1 is 1.18 bits per heavy atom. The topological polar surface area (TPSA) is 52.9 Å². The molecule has 4 heteroatoms. The number of hydrogen-bond donors (Lipinski definition) is 1. The summed E-state index contributed by atoms with van der Waals surface area (Å²) < 4.78 is 16.7. The molecular formula is C13H25NO3. The summed E-state index contributed by atoms with van der Waals surface area (Å²) in [7, 11) is 0. The summed E-state index contributed by atoms with van der Waals surface area (Å²) in [4.78, 5) is 0. The van der Waals surface area contributed by atoms with Gasteiger partial charge in [0.2, 0.25) is 0 Å². The van der Waals surface area contributed by atoms with Crippen molar-refractivity contribution in [2.24, 2.45) is 5.41 Å². The van der Waals surface area contributed by atoms with Crippen LogP contribution in [-0.4, -0.2) is 51.7 Å². The highest BCUT2D eigenvalue weighted by molar-refractivity contribution is 4.83. The fraction of sp³-hybridized carbons (Fsp3) is 1.00. The van der Waals surface area contributed by atoms with E-state index in [0.29, 0.717) is 12.1 Å². The van der Waals surface area contributed by atoms with Crippen molar-refractivity contribution < 1.29 is 14.2 Å². The summed E-state index contributed by atoms with van der Waals surface area (Å²) >= 11 is 0. The molecule has 0 bridgehead atoms. The van der Waals surface area contributed by atoms with Crippen LogP contribution in [0.3, 0.4) is 0 Å². The Balaban J connectivity index is 1.65. The standard InChI is InChI=1S/C13H25NO3/c1-3-13(4-2,9-15-6-11-5-14-11)10-16-7-12-8-17-12/h11-12,14H,3-10H2,1-2H3. The van der Waals surface area contributed by atoms with Gasteiger partial charge in [-0.2, -0.15) is 0 Å². The van der Waals surface area contributed by atoms with Gasteiger partial charge in [-0.3, -0.25) is 0 Å². The highest BCUT2D eigenvalue weighted by atomic mass is 16.6. The highest BCUT2D eigenvalue weighted by Gasteiger charge is 2.30. The van der Waals surface area contributed by atoms with Gasteiger partial charge in [0.05, 0.1) is 33.0 Å². The van der Waals surface area contributed by atoms with E-state index in [1.54, 1.807) is 0 Å². The fourth-order valence-electron chi connectivity index (χ4n) is 1.89. The van der Waals surface area contributed by atoms with Gasteiger partial charge in [-0.05, 0) is 12.8 Å². The van der Waals surface area contributed by atoms with Crippen LogP contribution in [-0.2, 0) is 14.2 Å². The molecule has 2 rings (SSSR count). The van der Waals surface area contributed by atoms with Crippen LogP contribution in [0, 0.1) is 5.41 Å². The number of epoxide rings is 1. The predicted octanol–water partition coefficient (Wildman–Crippen LogP) is 1.20. The predicted molar refractivity (Wildman–Crippen MR) is 66.2 cm³/mol. The lowest BCUT2D eigenvalue weighted by Crippen LogP contribution is -2.32. The maximum Gasteiger partial charge on any atom is 0.104 e. The van der Waals surface area contributed by atoms with E-state index in [9.17, 15) is 0 Å². The molecule has 0 aromatic heterocycles. The quantitative estimate of drug-likeness (QED) is 0.586. The Morgan fingerprint density at radius 2 is 1.76 bits per heavy atom. The third-order valence-corrected chi connectivity index (χ3v) is 3.83. The molecule has 2 unspecified atom stereocenters. The Hall–Kier alpha value is -0.160. The first-order valence-corrected chi connectivity index (χ1v) is 6.78. The molecule has 2 fully saturated rings. The number of ether oxygens (including phenoxy) is 3. The molecule has 2 heterocycles. The molecule has 0 aromatic rings. The minimum Gasteiger partial charge on any atom is -0.379 e. The van der Waals surface area contributed by atoms with Gasteiger partial charge < -0.3 is 19.5 Å². The molecule has 17 heavy (non-hydrogen) atoms. The summed E-state index contributed by atoms with van der Waals surface area (Å²) in [6.45, 7) is 9.61. The molecule has 100 valence electrons. The molecule has 0 aliphatic carbocycles. The molecule has 0 amide bonds. The summed E-state index contributed by atoms with van der Waals surface area (Å²) in [5.74, 6) is 0. The molecule has 0 aromatic carbocycles. The van der Waals surface area contributed by atoms with Gasteiger partial charge in [-0.25, -0.2) is 0 Å². The van der Waals surface area contributed by atoms with E-state index in [4.69, 9.17) is 14.2 Å². The van der Waals surface area contributed by atoms with E-state index in [1.807, 2.05) is 0 Å². The lowest BCUT2D eigenvalue weighted by molar-refractivity contribution is -0.0297. The fourth-order valence-corrected chi connectivity index (χ4v) is 1.89. The maximum absolute atomic E-state index is 5.80. The number of rotatable bonds is 10. The zero-order valence-corrected chi connectivity index (χ0v) is 11.0. The summed E-state index contributed by atoms with van der Waals surface area (Å²) in [6.07, 6.45) is 2.57. The maximum atomic E-state index is 5.80. The first kappa shape index (κ1) is 13.3. The van der Waals surface area contributed by atoms with E-state index >= 15 is 0 Å². The average Bonchev–Trinajstić information content (AvgIpc) is 3.21. The second-order valence-corrected chi connectivity index (χ2v) is 5.30. The molecule has 2 aliphatic heterocycles. The molecule has 2 saturated heterocycles. The normalized spacial score (nSPS) is 27.2. The van der Waals surface area contributed by atoms with Crippen LogP contribution in [0.4, 0.5) is 0 Å². The largest absolute Gasteiger partial charge is 0.379 e. The molecule has 0 saturated carbocycles. The number of hydrogen-bond acceptors (Lipinski definition) is 4. The van der Waals surface area contributed by atoms with Crippen LogP contribution in [0.5, 0.6) is 0 Å². The van der Waals surface area contributed by atoms with Gasteiger partial charge in [0.15, 0.2) is 0 Å². The minimum absolute atomic E-state index is 0.184. The minimum atomic E-state index is 0.184. The first-order valence-electron chi connectivity index (χ1n) is 6.78. The van der Waals surface area contributed by atoms with Gasteiger partial charge >= 0.3 is 0 Å². The SMILES string of the molecule is CCC(CC)(COCC1CN1)COCC1CO1. The van der Waals surface area contributed by atoms with Crippen molar-refractivity contribution in [2.45, 2.75) is 38.8 Å². The van der Waals surface area contributed by atoms with Crippen molar-refractivity contribution in [3.05, 3.63) is 0 Å². The van der Waals surface area contributed by atoms with Crippen molar-refractivity contribution in [3.63, 3.8) is 0 Å². The Bertz CT molecular complexity index is 203. The Kier molecular flexibility index (Phi) is 4.79. The van der Waals surface area contributed by atoms with Crippen molar-refractivity contribution in [3.8, 4) is 0 Å². The summed E-state index contributed by atoms with van der Waals surface area (Å²) in [5, 5.41) is 3.25. The third kappa shape index (κ3) is 4.54. The molecule has 4 nitrogen and oxygen atoms in total. The zero-order chi connectivity index (χ0) is 12.1. The van der Waals surface area contributed by atoms with Crippen LogP contribution in [0.2, 0.25) is 0 Å². The van der Waals surface area contributed by atoms with Crippen molar-refractivity contribution in [1.29, 1.82) is 0 Å². The third-order valence-electron chi connectivity index (χ3n) is 3.83. The first-order chi connectivity index (χ1) is 8.28. The molecule has 0 spiro atoms. The Labute approximate surface area is 104 Å². The lowest BCUT2D eigenvalue weighted by Gasteiger charge is -2.31. The lowest BCUT2D eigenvalue weighted by atomic mass is 9.84. The summed E-state index contributed by atoms with van der Waals surface area (Å²) in [6, 6.07) is 0.599. The summed E-state index contributed by atoms with van der Waals surface area (Å²) in [5.41, 5.74) is 0.184. The monoisotopic (exact) mass is 243 g/mol. The second-order valence-electron chi connectivity index (χ2n) is 5.30. The van der Waals surface area contributed by atoms with Crippen molar-refractivity contribution >= 4 is 0 Å². The van der Waals surface area contributed by atoms with Gasteiger partial charge in [0.25, 0.3) is 0 Å². The van der Waals surface area contributed by atoms with Crippen LogP contribution in [0.15, 0.2) is 0 Å². The molecular weight excluding hydrogens is 218 g/mol. The number of nitrogens with one attached hydrogen (secondary N) is 1. The van der Waals surface area contributed by atoms with Gasteiger partial charge in [0, 0.05) is 18.0 Å². The molecule has 1 N–H and O–H groups in total. The van der Waals surface area contributed by atoms with Crippen LogP contribution < -0.4 is 5.32 Å². The highest BCUT2D eigenvalue weighted by Crippen LogP contribution is 2.28. The van der Waals surface area contributed by atoms with E-state index in [1.165, 1.54) is 0 Å². The zero-order valence-electron chi connectivity index (χ0n) is 11.0. The van der Waals surface area contributed by atoms with E-state index in [0.717, 1.165) is 52.4 Å². The molecule has 2 aliphatic rings. The Morgan fingerprint density at radius 3 is 2.24 bits per heavy atom. The van der Waals surface area contributed by atoms with Crippen molar-refractivity contribution in [1.82, 2.24) is 5.32 Å². The van der Waals surface area contributed by atoms with Crippen LogP contribution >= 0.6 is 0 Å². The van der Waals surface area contributed by atoms with Gasteiger partial charge in [-0.15, -0.1) is 0 Å². The van der Waals surface area contributed by atoms with Crippen LogP contribution in [0.1, 0.15) is 26.7 Å². The van der Waals surface area contributed by atoms with E-state index in [-0.39, 0.29) is 5.41 Å². The molecule has 0 radical (unpaired) electrons. The average molecular weight is 243 g/mol. The van der Waals surface area contributed by atoms with Gasteiger partial charge in [0.1, 0.15) is 6.10 Å².